The Bertz CT molecular complexity index is 1130. The van der Waals surface area contributed by atoms with E-state index >= 15 is 0 Å². The number of halogens is 2. The zero-order valence-corrected chi connectivity index (χ0v) is 18.2. The first-order chi connectivity index (χ1) is 15.8. The van der Waals surface area contributed by atoms with E-state index in [0.29, 0.717) is 31.2 Å². The average molecular weight is 454 g/mol. The van der Waals surface area contributed by atoms with Crippen LogP contribution in [0.4, 0.5) is 14.6 Å². The molecule has 4 rings (SSSR count). The molecule has 2 aliphatic rings. The summed E-state index contributed by atoms with van der Waals surface area (Å²) in [5.41, 5.74) is -0.441. The van der Waals surface area contributed by atoms with Crippen LogP contribution < -0.4 is 15.4 Å². The molecule has 33 heavy (non-hydrogen) atoms. The highest BCUT2D eigenvalue weighted by Crippen LogP contribution is 2.45. The molecule has 1 heterocycles. The predicted molar refractivity (Wildman–Crippen MR) is 116 cm³/mol. The third kappa shape index (κ3) is 4.80. The van der Waals surface area contributed by atoms with E-state index in [-0.39, 0.29) is 40.9 Å². The number of nitrogens with one attached hydrogen (secondary N) is 2. The molecule has 2 aliphatic carbocycles. The monoisotopic (exact) mass is 454 g/mol. The summed E-state index contributed by atoms with van der Waals surface area (Å²) < 4.78 is 33.2. The molecule has 0 bridgehead atoms. The van der Waals surface area contributed by atoms with E-state index in [1.165, 1.54) is 25.3 Å². The highest BCUT2D eigenvalue weighted by atomic mass is 19.1. The van der Waals surface area contributed by atoms with Crippen LogP contribution in [0.3, 0.4) is 0 Å². The van der Waals surface area contributed by atoms with Crippen LogP contribution in [0.15, 0.2) is 30.5 Å². The van der Waals surface area contributed by atoms with Gasteiger partial charge >= 0.3 is 0 Å². The van der Waals surface area contributed by atoms with Gasteiger partial charge in [-0.1, -0.05) is 6.42 Å². The van der Waals surface area contributed by atoms with Crippen molar-refractivity contribution in [1.29, 1.82) is 5.26 Å². The lowest BCUT2D eigenvalue weighted by atomic mass is 9.84. The Hall–Kier alpha value is -3.54. The van der Waals surface area contributed by atoms with Gasteiger partial charge in [-0.25, -0.2) is 13.8 Å². The second-order valence-electron chi connectivity index (χ2n) is 8.61. The summed E-state index contributed by atoms with van der Waals surface area (Å²) in [4.78, 5) is 29.2. The topological polar surface area (TPSA) is 104 Å². The van der Waals surface area contributed by atoms with Crippen LogP contribution >= 0.6 is 0 Å². The van der Waals surface area contributed by atoms with Crippen LogP contribution in [0.1, 0.15) is 38.5 Å². The molecule has 2 saturated carbocycles. The molecular formula is C24H24F2N4O3. The largest absolute Gasteiger partial charge is 0.496 e. The fraction of sp³-hybridized carbons (Fsp3) is 0.417. The quantitative estimate of drug-likeness (QED) is 0.688. The lowest BCUT2D eigenvalue weighted by Crippen LogP contribution is -2.43. The smallest absolute Gasteiger partial charge is 0.240 e. The van der Waals surface area contributed by atoms with Crippen molar-refractivity contribution in [3.63, 3.8) is 0 Å². The standard InChI is InChI=1S/C24H24F2N4O3/c1-33-20-10-15(25)5-6-17(20)18-11-21(28-12-19(18)26)30-22(31)14-3-2-4-16(9-14)29-23(32)24(13-27)7-8-24/h5-6,10-12,14,16H,2-4,7-9H2,1H3,(H,29,32)(H,28,30,31)/t14-,16+/m0/s1. The van der Waals surface area contributed by atoms with Crippen LogP contribution in [0.2, 0.25) is 0 Å². The minimum Gasteiger partial charge on any atom is -0.496 e. The molecule has 7 nitrogen and oxygen atoms in total. The zero-order valence-electron chi connectivity index (χ0n) is 18.2. The Morgan fingerprint density at radius 3 is 2.70 bits per heavy atom. The van der Waals surface area contributed by atoms with Gasteiger partial charge < -0.3 is 15.4 Å². The summed E-state index contributed by atoms with van der Waals surface area (Å²) in [6.07, 6.45) is 4.76. The van der Waals surface area contributed by atoms with Gasteiger partial charge in [0.2, 0.25) is 11.8 Å². The molecule has 0 radical (unpaired) electrons. The van der Waals surface area contributed by atoms with Crippen molar-refractivity contribution < 1.29 is 23.1 Å². The first kappa shape index (κ1) is 22.6. The van der Waals surface area contributed by atoms with Crippen LogP contribution in [0.5, 0.6) is 5.75 Å². The molecule has 172 valence electrons. The molecule has 0 aliphatic heterocycles. The molecule has 0 spiro atoms. The second-order valence-corrected chi connectivity index (χ2v) is 8.61. The van der Waals surface area contributed by atoms with E-state index < -0.39 is 17.0 Å². The van der Waals surface area contributed by atoms with Gasteiger partial charge in [0, 0.05) is 29.2 Å². The summed E-state index contributed by atoms with van der Waals surface area (Å²) in [7, 11) is 1.36. The number of nitrogens with zero attached hydrogens (tertiary/aromatic N) is 2. The fourth-order valence-electron chi connectivity index (χ4n) is 4.23. The van der Waals surface area contributed by atoms with Gasteiger partial charge in [-0.3, -0.25) is 9.59 Å². The lowest BCUT2D eigenvalue weighted by Gasteiger charge is -2.29. The first-order valence-corrected chi connectivity index (χ1v) is 10.9. The number of benzene rings is 1. The average Bonchev–Trinajstić information content (AvgIpc) is 3.62. The minimum atomic E-state index is -0.898. The van der Waals surface area contributed by atoms with E-state index in [9.17, 15) is 23.6 Å². The summed E-state index contributed by atoms with van der Waals surface area (Å²) in [6.45, 7) is 0. The van der Waals surface area contributed by atoms with Crippen molar-refractivity contribution in [2.45, 2.75) is 44.6 Å². The van der Waals surface area contributed by atoms with Crippen LogP contribution in [-0.4, -0.2) is 29.9 Å². The number of carbonyl (C=O) groups is 2. The van der Waals surface area contributed by atoms with Crippen LogP contribution in [0, 0.1) is 34.3 Å². The van der Waals surface area contributed by atoms with Crippen molar-refractivity contribution in [2.24, 2.45) is 11.3 Å². The SMILES string of the molecule is COc1cc(F)ccc1-c1cc(NC(=O)[C@H]2CCC[C@@H](NC(=O)C3(C#N)CC3)C2)ncc1F. The fourth-order valence-corrected chi connectivity index (χ4v) is 4.23. The molecule has 2 N–H and O–H groups in total. The van der Waals surface area contributed by atoms with E-state index in [1.54, 1.807) is 0 Å². The minimum absolute atomic E-state index is 0.122. The Balaban J connectivity index is 1.45. The number of hydrogen-bond acceptors (Lipinski definition) is 5. The van der Waals surface area contributed by atoms with Crippen molar-refractivity contribution in [3.05, 3.63) is 42.1 Å². The van der Waals surface area contributed by atoms with Gasteiger partial charge in [0.1, 0.15) is 28.6 Å². The van der Waals surface area contributed by atoms with Crippen LogP contribution in [0.25, 0.3) is 11.1 Å². The molecule has 1 aromatic carbocycles. The molecule has 0 unspecified atom stereocenters. The van der Waals surface area contributed by atoms with E-state index in [0.717, 1.165) is 25.1 Å². The van der Waals surface area contributed by atoms with E-state index in [4.69, 9.17) is 4.74 Å². The van der Waals surface area contributed by atoms with Crippen molar-refractivity contribution in [2.75, 3.05) is 12.4 Å². The predicted octanol–water partition coefficient (Wildman–Crippen LogP) is 3.95. The number of amides is 2. The highest BCUT2D eigenvalue weighted by Gasteiger charge is 2.51. The second kappa shape index (κ2) is 9.14. The number of ether oxygens (including phenoxy) is 1. The van der Waals surface area contributed by atoms with Gasteiger partial charge in [-0.15, -0.1) is 0 Å². The molecule has 2 atom stereocenters. The number of methoxy groups -OCH3 is 1. The van der Waals surface area contributed by atoms with Gasteiger partial charge in [0.25, 0.3) is 0 Å². The van der Waals surface area contributed by atoms with Gasteiger partial charge in [0.15, 0.2) is 0 Å². The van der Waals surface area contributed by atoms with Crippen molar-refractivity contribution >= 4 is 17.6 Å². The van der Waals surface area contributed by atoms with E-state index in [1.807, 2.05) is 0 Å². The van der Waals surface area contributed by atoms with Gasteiger partial charge in [-0.2, -0.15) is 5.26 Å². The maximum absolute atomic E-state index is 14.5. The summed E-state index contributed by atoms with van der Waals surface area (Å²) in [5, 5.41) is 14.9. The number of hydrogen-bond donors (Lipinski definition) is 2. The summed E-state index contributed by atoms with van der Waals surface area (Å²) in [6, 6.07) is 7.05. The molecular weight excluding hydrogens is 430 g/mol. The lowest BCUT2D eigenvalue weighted by molar-refractivity contribution is -0.127. The molecule has 2 amide bonds. The zero-order chi connectivity index (χ0) is 23.6. The summed E-state index contributed by atoms with van der Waals surface area (Å²) >= 11 is 0. The Kier molecular flexibility index (Phi) is 6.27. The molecule has 9 heteroatoms. The molecule has 2 fully saturated rings. The van der Waals surface area contributed by atoms with Gasteiger partial charge in [-0.05, 0) is 50.3 Å². The summed E-state index contributed by atoms with van der Waals surface area (Å²) in [5.74, 6) is -1.70. The first-order valence-electron chi connectivity index (χ1n) is 10.9. The number of pyridine rings is 1. The normalized spacial score (nSPS) is 20.9. The number of carbonyl (C=O) groups excluding carboxylic acids is 2. The van der Waals surface area contributed by atoms with E-state index in [2.05, 4.69) is 21.7 Å². The van der Waals surface area contributed by atoms with Crippen molar-refractivity contribution in [3.8, 4) is 22.9 Å². The number of nitriles is 1. The number of rotatable bonds is 6. The third-order valence-corrected chi connectivity index (χ3v) is 6.34. The van der Waals surface area contributed by atoms with Gasteiger partial charge in [0.05, 0.1) is 19.4 Å². The third-order valence-electron chi connectivity index (χ3n) is 6.34. The molecule has 0 saturated heterocycles. The molecule has 1 aromatic heterocycles. The highest BCUT2D eigenvalue weighted by molar-refractivity contribution is 5.93. The number of aromatic nitrogens is 1. The Morgan fingerprint density at radius 2 is 2.00 bits per heavy atom. The number of anilines is 1. The van der Waals surface area contributed by atoms with Crippen molar-refractivity contribution in [1.82, 2.24) is 10.3 Å². The Morgan fingerprint density at radius 1 is 1.21 bits per heavy atom. The molecule has 2 aromatic rings. The Labute approximate surface area is 190 Å². The maximum Gasteiger partial charge on any atom is 0.240 e. The maximum atomic E-state index is 14.5. The van der Waals surface area contributed by atoms with Crippen LogP contribution in [-0.2, 0) is 9.59 Å².